The van der Waals surface area contributed by atoms with Crippen LogP contribution in [0.4, 0.5) is 0 Å². The molecule has 1 atom stereocenters. The van der Waals surface area contributed by atoms with Crippen LogP contribution in [0.1, 0.15) is 46.0 Å². The minimum absolute atomic E-state index is 0.810. The van der Waals surface area contributed by atoms with Gasteiger partial charge in [-0.05, 0) is 55.2 Å². The maximum absolute atomic E-state index is 2.63. The number of quaternary nitrogens is 1. The summed E-state index contributed by atoms with van der Waals surface area (Å²) in [6.45, 7) is 8.98. The smallest absolute Gasteiger partial charge is 0.136 e. The lowest BCUT2D eigenvalue weighted by molar-refractivity contribution is -0.936. The van der Waals surface area contributed by atoms with Gasteiger partial charge in [-0.15, -0.1) is 0 Å². The minimum atomic E-state index is 0.810. The molecule has 0 aliphatic carbocycles. The van der Waals surface area contributed by atoms with E-state index >= 15 is 0 Å². The number of alkyl halides is 1. The Morgan fingerprint density at radius 3 is 2.31 bits per heavy atom. The molecule has 2 heteroatoms. The molecule has 0 aromatic heterocycles. The molecule has 13 heavy (non-hydrogen) atoms. The molecule has 0 bridgehead atoms. The van der Waals surface area contributed by atoms with Gasteiger partial charge in [0, 0.05) is 0 Å². The Morgan fingerprint density at radius 2 is 1.85 bits per heavy atom. The predicted molar refractivity (Wildman–Crippen MR) is 67.1 cm³/mol. The molecular formula is C11H23IN+. The van der Waals surface area contributed by atoms with Gasteiger partial charge in [0.25, 0.3) is 0 Å². The van der Waals surface area contributed by atoms with Gasteiger partial charge in [0.15, 0.2) is 0 Å². The fourth-order valence-corrected chi connectivity index (χ4v) is 3.21. The molecule has 0 radical (unpaired) electrons. The van der Waals surface area contributed by atoms with E-state index in [1.54, 1.807) is 0 Å². The zero-order valence-corrected chi connectivity index (χ0v) is 11.2. The largest absolute Gasteiger partial charge is 0.313 e. The van der Waals surface area contributed by atoms with Crippen molar-refractivity contribution in [3.63, 3.8) is 0 Å². The van der Waals surface area contributed by atoms with Gasteiger partial charge in [0.1, 0.15) is 4.05 Å². The van der Waals surface area contributed by atoms with E-state index in [9.17, 15) is 0 Å². The lowest BCUT2D eigenvalue weighted by atomic mass is 10.1. The van der Waals surface area contributed by atoms with E-state index in [0.29, 0.717) is 0 Å². The van der Waals surface area contributed by atoms with Gasteiger partial charge < -0.3 is 4.48 Å². The van der Waals surface area contributed by atoms with E-state index < -0.39 is 0 Å². The number of hydrogen-bond acceptors (Lipinski definition) is 0. The Balaban J connectivity index is 2.51. The molecule has 1 unspecified atom stereocenters. The Hall–Kier alpha value is 0.690. The van der Waals surface area contributed by atoms with Gasteiger partial charge in [-0.2, -0.15) is 0 Å². The maximum atomic E-state index is 2.63. The normalized spacial score (nSPS) is 24.2. The second-order valence-corrected chi connectivity index (χ2v) is 6.18. The summed E-state index contributed by atoms with van der Waals surface area (Å²) in [5.41, 5.74) is 0. The fraction of sp³-hybridized carbons (Fsp3) is 1.00. The van der Waals surface area contributed by atoms with Crippen LogP contribution in [0.3, 0.4) is 0 Å². The molecule has 1 heterocycles. The second-order valence-electron chi connectivity index (χ2n) is 4.38. The summed E-state index contributed by atoms with van der Waals surface area (Å²) >= 11 is 2.63. The van der Waals surface area contributed by atoms with Gasteiger partial charge in [-0.1, -0.05) is 13.3 Å². The van der Waals surface area contributed by atoms with Crippen LogP contribution < -0.4 is 0 Å². The van der Waals surface area contributed by atoms with Gasteiger partial charge >= 0.3 is 0 Å². The van der Waals surface area contributed by atoms with Crippen LogP contribution in [0.25, 0.3) is 0 Å². The maximum Gasteiger partial charge on any atom is 0.136 e. The summed E-state index contributed by atoms with van der Waals surface area (Å²) in [5, 5.41) is 0. The van der Waals surface area contributed by atoms with E-state index in [1.807, 2.05) is 0 Å². The first kappa shape index (κ1) is 11.8. The Kier molecular flexibility index (Phi) is 5.01. The van der Waals surface area contributed by atoms with E-state index in [4.69, 9.17) is 0 Å². The number of likely N-dealkylation sites (tertiary alicyclic amines) is 1. The zero-order valence-electron chi connectivity index (χ0n) is 9.06. The van der Waals surface area contributed by atoms with Crippen molar-refractivity contribution in [1.82, 2.24) is 0 Å². The summed E-state index contributed by atoms with van der Waals surface area (Å²) in [5.74, 6) is 0. The average molecular weight is 296 g/mol. The molecule has 78 valence electrons. The molecule has 1 nitrogen and oxygen atoms in total. The van der Waals surface area contributed by atoms with Crippen LogP contribution in [-0.2, 0) is 0 Å². The monoisotopic (exact) mass is 296 g/mol. The van der Waals surface area contributed by atoms with Crippen molar-refractivity contribution in [1.29, 1.82) is 0 Å². The van der Waals surface area contributed by atoms with Crippen LogP contribution in [0.2, 0.25) is 0 Å². The number of unbranched alkanes of at least 4 members (excludes halogenated alkanes) is 1. The molecular weight excluding hydrogens is 273 g/mol. The third kappa shape index (κ3) is 3.08. The van der Waals surface area contributed by atoms with Crippen molar-refractivity contribution in [3.8, 4) is 0 Å². The van der Waals surface area contributed by atoms with Crippen molar-refractivity contribution in [2.24, 2.45) is 0 Å². The van der Waals surface area contributed by atoms with E-state index in [-0.39, 0.29) is 0 Å². The zero-order chi connectivity index (χ0) is 9.73. The summed E-state index contributed by atoms with van der Waals surface area (Å²) in [6, 6.07) is 0. The van der Waals surface area contributed by atoms with Crippen LogP contribution in [0.15, 0.2) is 0 Å². The van der Waals surface area contributed by atoms with Crippen LogP contribution in [0, 0.1) is 0 Å². The van der Waals surface area contributed by atoms with Crippen LogP contribution >= 0.6 is 22.6 Å². The highest BCUT2D eigenvalue weighted by molar-refractivity contribution is 14.1. The van der Waals surface area contributed by atoms with Crippen molar-refractivity contribution < 1.29 is 4.48 Å². The van der Waals surface area contributed by atoms with Crippen molar-refractivity contribution in [2.75, 3.05) is 19.6 Å². The SMILES string of the molecule is CCCC[N+]1(C(C)I)CCCCC1. The summed E-state index contributed by atoms with van der Waals surface area (Å²) in [4.78, 5) is 0. The highest BCUT2D eigenvalue weighted by atomic mass is 127. The van der Waals surface area contributed by atoms with Gasteiger partial charge in [0.2, 0.25) is 0 Å². The Morgan fingerprint density at radius 1 is 1.23 bits per heavy atom. The van der Waals surface area contributed by atoms with Gasteiger partial charge in [-0.3, -0.25) is 0 Å². The molecule has 1 saturated heterocycles. The second kappa shape index (κ2) is 5.54. The first-order valence-electron chi connectivity index (χ1n) is 5.71. The highest BCUT2D eigenvalue weighted by Crippen LogP contribution is 2.27. The van der Waals surface area contributed by atoms with Crippen molar-refractivity contribution in [2.45, 2.75) is 50.0 Å². The van der Waals surface area contributed by atoms with Gasteiger partial charge in [-0.25, -0.2) is 0 Å². The quantitative estimate of drug-likeness (QED) is 0.322. The average Bonchev–Trinajstić information content (AvgIpc) is 2.16. The first-order valence-corrected chi connectivity index (χ1v) is 6.96. The van der Waals surface area contributed by atoms with Crippen LogP contribution in [0.5, 0.6) is 0 Å². The van der Waals surface area contributed by atoms with Crippen molar-refractivity contribution >= 4 is 22.6 Å². The Labute approximate surface area is 96.6 Å². The first-order chi connectivity index (χ1) is 6.21. The van der Waals surface area contributed by atoms with E-state index in [2.05, 4.69) is 36.4 Å². The summed E-state index contributed by atoms with van der Waals surface area (Å²) in [7, 11) is 0. The van der Waals surface area contributed by atoms with Crippen molar-refractivity contribution in [3.05, 3.63) is 0 Å². The summed E-state index contributed by atoms with van der Waals surface area (Å²) in [6.07, 6.45) is 7.14. The number of nitrogens with zero attached hydrogens (tertiary/aromatic N) is 1. The molecule has 0 aromatic carbocycles. The topological polar surface area (TPSA) is 0 Å². The van der Waals surface area contributed by atoms with Crippen LogP contribution in [-0.4, -0.2) is 28.2 Å². The molecule has 0 amide bonds. The number of halogens is 1. The molecule has 1 fully saturated rings. The van der Waals surface area contributed by atoms with E-state index in [1.165, 1.54) is 56.2 Å². The third-order valence-electron chi connectivity index (χ3n) is 3.42. The predicted octanol–water partition coefficient (Wildman–Crippen LogP) is 3.57. The fourth-order valence-electron chi connectivity index (χ4n) is 2.37. The molecule has 0 N–H and O–H groups in total. The molecule has 0 saturated carbocycles. The number of rotatable bonds is 4. The molecule has 1 aliphatic rings. The van der Waals surface area contributed by atoms with E-state index in [0.717, 1.165) is 4.05 Å². The molecule has 0 aromatic rings. The minimum Gasteiger partial charge on any atom is -0.313 e. The molecule has 1 aliphatic heterocycles. The highest BCUT2D eigenvalue weighted by Gasteiger charge is 2.33. The standard InChI is InChI=1S/C11H23IN/c1-3-4-8-13(11(2)12)9-6-5-7-10-13/h11H,3-10H2,1-2H3/q+1. The Bertz CT molecular complexity index is 139. The number of piperidine rings is 1. The van der Waals surface area contributed by atoms with Gasteiger partial charge in [0.05, 0.1) is 19.6 Å². The molecule has 1 rings (SSSR count). The summed E-state index contributed by atoms with van der Waals surface area (Å²) < 4.78 is 2.21. The third-order valence-corrected chi connectivity index (χ3v) is 4.60. The number of hydrogen-bond donors (Lipinski definition) is 0. The lowest BCUT2D eigenvalue weighted by Crippen LogP contribution is -2.55. The molecule has 0 spiro atoms. The lowest BCUT2D eigenvalue weighted by Gasteiger charge is -2.44.